The van der Waals surface area contributed by atoms with Crippen molar-refractivity contribution in [2.75, 3.05) is 6.61 Å². The van der Waals surface area contributed by atoms with E-state index in [0.29, 0.717) is 6.61 Å². The first-order valence-electron chi connectivity index (χ1n) is 6.70. The lowest BCUT2D eigenvalue weighted by molar-refractivity contribution is 0.144. The minimum atomic E-state index is 0.0932. The van der Waals surface area contributed by atoms with Crippen LogP contribution in [-0.2, 0) is 4.74 Å². The molecule has 1 heteroatoms. The van der Waals surface area contributed by atoms with Crippen LogP contribution in [0, 0.1) is 11.3 Å². The van der Waals surface area contributed by atoms with Crippen LogP contribution in [0.2, 0.25) is 0 Å². The van der Waals surface area contributed by atoms with Gasteiger partial charge < -0.3 is 4.74 Å². The zero-order chi connectivity index (χ0) is 13.8. The van der Waals surface area contributed by atoms with Crippen molar-refractivity contribution in [2.45, 2.75) is 40.5 Å². The number of allylic oxidation sites excluding steroid dienone is 5. The van der Waals surface area contributed by atoms with E-state index in [4.69, 9.17) is 4.74 Å². The maximum absolute atomic E-state index is 5.69. The third-order valence-corrected chi connectivity index (χ3v) is 3.36. The molecule has 0 aromatic heterocycles. The summed E-state index contributed by atoms with van der Waals surface area (Å²) in [7, 11) is 0. The number of hydrogen-bond donors (Lipinski definition) is 0. The fourth-order valence-electron chi connectivity index (χ4n) is 2.97. The Bertz CT molecular complexity index is 382. The van der Waals surface area contributed by atoms with E-state index >= 15 is 0 Å². The first-order chi connectivity index (χ1) is 8.38. The molecule has 0 aromatic rings. The molecule has 100 valence electrons. The van der Waals surface area contributed by atoms with Gasteiger partial charge in [-0.2, -0.15) is 0 Å². The molecule has 0 N–H and O–H groups in total. The SMILES string of the molecule is C=C(C)CC(C)(C)C(C(=C)OCC)C1=CC=CC1. The topological polar surface area (TPSA) is 9.23 Å². The summed E-state index contributed by atoms with van der Waals surface area (Å²) in [5, 5.41) is 0. The second kappa shape index (κ2) is 6.08. The smallest absolute Gasteiger partial charge is 0.0965 e. The van der Waals surface area contributed by atoms with Crippen LogP contribution in [0.4, 0.5) is 0 Å². The van der Waals surface area contributed by atoms with E-state index in [1.54, 1.807) is 0 Å². The molecule has 0 aliphatic heterocycles. The molecule has 1 aliphatic carbocycles. The van der Waals surface area contributed by atoms with Gasteiger partial charge in [0.25, 0.3) is 0 Å². The number of hydrogen-bond acceptors (Lipinski definition) is 1. The largest absolute Gasteiger partial charge is 0.498 e. The van der Waals surface area contributed by atoms with Crippen LogP contribution in [0.15, 0.2) is 48.3 Å². The molecule has 1 rings (SSSR count). The lowest BCUT2D eigenvalue weighted by atomic mass is 9.70. The second-order valence-electron chi connectivity index (χ2n) is 5.83. The Hall–Kier alpha value is -1.24. The van der Waals surface area contributed by atoms with Crippen molar-refractivity contribution in [1.29, 1.82) is 0 Å². The maximum atomic E-state index is 5.69. The molecule has 0 fully saturated rings. The highest BCUT2D eigenvalue weighted by Crippen LogP contribution is 2.44. The van der Waals surface area contributed by atoms with Gasteiger partial charge in [0.2, 0.25) is 0 Å². The minimum Gasteiger partial charge on any atom is -0.498 e. The van der Waals surface area contributed by atoms with Gasteiger partial charge in [-0.25, -0.2) is 0 Å². The highest BCUT2D eigenvalue weighted by molar-refractivity contribution is 5.31. The molecule has 1 nitrogen and oxygen atoms in total. The summed E-state index contributed by atoms with van der Waals surface area (Å²) < 4.78 is 5.69. The van der Waals surface area contributed by atoms with Crippen molar-refractivity contribution < 1.29 is 4.74 Å². The molecule has 0 radical (unpaired) electrons. The summed E-state index contributed by atoms with van der Waals surface area (Å²) in [4.78, 5) is 0. The average Bonchev–Trinajstić information content (AvgIpc) is 2.68. The van der Waals surface area contributed by atoms with Gasteiger partial charge in [0.05, 0.1) is 12.4 Å². The second-order valence-corrected chi connectivity index (χ2v) is 5.83. The lowest BCUT2D eigenvalue weighted by Gasteiger charge is -2.36. The van der Waals surface area contributed by atoms with E-state index in [9.17, 15) is 0 Å². The van der Waals surface area contributed by atoms with E-state index in [0.717, 1.165) is 18.6 Å². The standard InChI is InChI=1S/C17H26O/c1-7-18-14(4)16(15-10-8-9-11-15)17(5,6)12-13(2)3/h8-10,16H,2,4,7,11-12H2,1,3,5-6H3. The molecule has 0 aromatic carbocycles. The summed E-state index contributed by atoms with van der Waals surface area (Å²) in [6.45, 7) is 17.5. The van der Waals surface area contributed by atoms with Gasteiger partial charge in [0.1, 0.15) is 0 Å². The Morgan fingerprint density at radius 1 is 1.44 bits per heavy atom. The van der Waals surface area contributed by atoms with Gasteiger partial charge in [0.15, 0.2) is 0 Å². The Kier molecular flexibility index (Phi) is 5.01. The highest BCUT2D eigenvalue weighted by Gasteiger charge is 2.35. The molecule has 0 spiro atoms. The molecule has 0 amide bonds. The first kappa shape index (κ1) is 14.8. The van der Waals surface area contributed by atoms with Crippen molar-refractivity contribution in [3.8, 4) is 0 Å². The molecule has 0 saturated carbocycles. The Balaban J connectivity index is 2.96. The van der Waals surface area contributed by atoms with Crippen LogP contribution in [-0.4, -0.2) is 6.61 Å². The summed E-state index contributed by atoms with van der Waals surface area (Å²) in [6, 6.07) is 0. The molecular weight excluding hydrogens is 220 g/mol. The Morgan fingerprint density at radius 2 is 2.11 bits per heavy atom. The monoisotopic (exact) mass is 246 g/mol. The van der Waals surface area contributed by atoms with E-state index < -0.39 is 0 Å². The highest BCUT2D eigenvalue weighted by atomic mass is 16.5. The summed E-state index contributed by atoms with van der Waals surface area (Å²) >= 11 is 0. The van der Waals surface area contributed by atoms with Crippen LogP contribution >= 0.6 is 0 Å². The molecule has 1 aliphatic rings. The van der Waals surface area contributed by atoms with Gasteiger partial charge in [-0.05, 0) is 32.1 Å². The molecule has 0 saturated heterocycles. The Morgan fingerprint density at radius 3 is 2.56 bits per heavy atom. The van der Waals surface area contributed by atoms with Crippen molar-refractivity contribution in [1.82, 2.24) is 0 Å². The fourth-order valence-corrected chi connectivity index (χ4v) is 2.97. The zero-order valence-electron chi connectivity index (χ0n) is 12.3. The van der Waals surface area contributed by atoms with Crippen molar-refractivity contribution in [2.24, 2.45) is 11.3 Å². The average molecular weight is 246 g/mol. The molecule has 1 unspecified atom stereocenters. The predicted octanol–water partition coefficient (Wildman–Crippen LogP) is 5.03. The van der Waals surface area contributed by atoms with E-state index in [-0.39, 0.29) is 11.3 Å². The summed E-state index contributed by atoms with van der Waals surface area (Å²) in [5.41, 5.74) is 2.70. The van der Waals surface area contributed by atoms with Gasteiger partial charge in [0, 0.05) is 5.92 Å². The normalized spacial score (nSPS) is 16.3. The zero-order valence-corrected chi connectivity index (χ0v) is 12.3. The van der Waals surface area contributed by atoms with Crippen molar-refractivity contribution >= 4 is 0 Å². The minimum absolute atomic E-state index is 0.0932. The maximum Gasteiger partial charge on any atom is 0.0965 e. The quantitative estimate of drug-likeness (QED) is 0.452. The van der Waals surface area contributed by atoms with Gasteiger partial charge in [-0.1, -0.05) is 49.8 Å². The molecule has 18 heavy (non-hydrogen) atoms. The van der Waals surface area contributed by atoms with Crippen LogP contribution in [0.3, 0.4) is 0 Å². The Labute approximate surface area is 112 Å². The van der Waals surface area contributed by atoms with Crippen LogP contribution in [0.5, 0.6) is 0 Å². The first-order valence-corrected chi connectivity index (χ1v) is 6.70. The van der Waals surface area contributed by atoms with E-state index in [1.807, 2.05) is 6.92 Å². The van der Waals surface area contributed by atoms with E-state index in [2.05, 4.69) is 52.2 Å². The van der Waals surface area contributed by atoms with Crippen LogP contribution in [0.25, 0.3) is 0 Å². The number of ether oxygens (including phenoxy) is 1. The number of rotatable bonds is 7. The molecular formula is C17H26O. The van der Waals surface area contributed by atoms with Crippen LogP contribution in [0.1, 0.15) is 40.5 Å². The van der Waals surface area contributed by atoms with E-state index in [1.165, 1.54) is 11.1 Å². The molecule has 0 heterocycles. The summed E-state index contributed by atoms with van der Waals surface area (Å²) in [5.74, 6) is 1.16. The van der Waals surface area contributed by atoms with Crippen molar-refractivity contribution in [3.05, 3.63) is 48.3 Å². The van der Waals surface area contributed by atoms with Gasteiger partial charge >= 0.3 is 0 Å². The molecule has 1 atom stereocenters. The molecule has 0 bridgehead atoms. The fraction of sp³-hybridized carbons (Fsp3) is 0.529. The van der Waals surface area contributed by atoms with Crippen molar-refractivity contribution in [3.63, 3.8) is 0 Å². The van der Waals surface area contributed by atoms with Gasteiger partial charge in [-0.3, -0.25) is 0 Å². The predicted molar refractivity (Wildman–Crippen MR) is 79.3 cm³/mol. The third kappa shape index (κ3) is 3.63. The summed E-state index contributed by atoms with van der Waals surface area (Å²) in [6.07, 6.45) is 8.52. The third-order valence-electron chi connectivity index (χ3n) is 3.36. The van der Waals surface area contributed by atoms with Crippen LogP contribution < -0.4 is 0 Å². The van der Waals surface area contributed by atoms with Gasteiger partial charge in [-0.15, -0.1) is 6.58 Å². The lowest BCUT2D eigenvalue weighted by Crippen LogP contribution is -2.28.